The Hall–Kier alpha value is -2.54. The van der Waals surface area contributed by atoms with Gasteiger partial charge in [0.2, 0.25) is 5.91 Å². The maximum atomic E-state index is 12.2. The number of amides is 2. The third kappa shape index (κ3) is 5.49. The number of nitrogens with one attached hydrogen (secondary N) is 2. The van der Waals surface area contributed by atoms with E-state index in [1.165, 1.54) is 7.11 Å². The summed E-state index contributed by atoms with van der Waals surface area (Å²) in [5, 5.41) is 0. The molecule has 0 saturated heterocycles. The van der Waals surface area contributed by atoms with Gasteiger partial charge in [-0.05, 0) is 42.8 Å². The second-order valence-electron chi connectivity index (χ2n) is 5.10. The van der Waals surface area contributed by atoms with E-state index in [0.29, 0.717) is 23.7 Å². The Morgan fingerprint density at radius 3 is 2.40 bits per heavy atom. The number of rotatable bonds is 6. The highest BCUT2D eigenvalue weighted by atomic mass is 79.9. The van der Waals surface area contributed by atoms with Gasteiger partial charge in [0.15, 0.2) is 11.5 Å². The minimum Gasteiger partial charge on any atom is -0.493 e. The van der Waals surface area contributed by atoms with E-state index >= 15 is 0 Å². The highest BCUT2D eigenvalue weighted by Gasteiger charge is 2.12. The van der Waals surface area contributed by atoms with Crippen molar-refractivity contribution in [3.05, 3.63) is 58.1 Å². The lowest BCUT2D eigenvalue weighted by Crippen LogP contribution is -2.42. The summed E-state index contributed by atoms with van der Waals surface area (Å²) in [5.74, 6) is 0.260. The lowest BCUT2D eigenvalue weighted by atomic mass is 10.1. The Bertz CT molecular complexity index is 747. The molecule has 2 aromatic carbocycles. The van der Waals surface area contributed by atoms with Crippen LogP contribution in [0.2, 0.25) is 0 Å². The van der Waals surface area contributed by atoms with E-state index < -0.39 is 5.91 Å². The number of methoxy groups -OCH3 is 1. The van der Waals surface area contributed by atoms with Crippen LogP contribution in [0.3, 0.4) is 0 Å². The van der Waals surface area contributed by atoms with Crippen molar-refractivity contribution in [1.29, 1.82) is 0 Å². The van der Waals surface area contributed by atoms with E-state index in [-0.39, 0.29) is 12.3 Å². The third-order valence-corrected chi connectivity index (χ3v) is 3.85. The number of hydrogen-bond acceptors (Lipinski definition) is 4. The summed E-state index contributed by atoms with van der Waals surface area (Å²) in [5.41, 5.74) is 5.98. The van der Waals surface area contributed by atoms with Crippen molar-refractivity contribution in [2.75, 3.05) is 13.7 Å². The summed E-state index contributed by atoms with van der Waals surface area (Å²) in [6, 6.07) is 12.2. The summed E-state index contributed by atoms with van der Waals surface area (Å²) in [4.78, 5) is 24.1. The molecule has 0 heterocycles. The quantitative estimate of drug-likeness (QED) is 0.723. The van der Waals surface area contributed by atoms with Crippen molar-refractivity contribution < 1.29 is 19.1 Å². The molecule has 0 atom stereocenters. The monoisotopic (exact) mass is 406 g/mol. The molecule has 0 bridgehead atoms. The van der Waals surface area contributed by atoms with Gasteiger partial charge in [0.05, 0.1) is 20.1 Å². The van der Waals surface area contributed by atoms with Crippen molar-refractivity contribution >= 4 is 27.7 Å². The fourth-order valence-corrected chi connectivity index (χ4v) is 2.38. The fourth-order valence-electron chi connectivity index (χ4n) is 2.11. The zero-order chi connectivity index (χ0) is 18.2. The molecule has 25 heavy (non-hydrogen) atoms. The molecule has 2 aromatic rings. The molecular formula is C18H19BrN2O4. The molecule has 0 radical (unpaired) electrons. The van der Waals surface area contributed by atoms with Crippen molar-refractivity contribution in [2.24, 2.45) is 0 Å². The van der Waals surface area contributed by atoms with Crippen LogP contribution in [0.4, 0.5) is 0 Å². The fraction of sp³-hybridized carbons (Fsp3) is 0.222. The van der Waals surface area contributed by atoms with Crippen LogP contribution >= 0.6 is 15.9 Å². The predicted molar refractivity (Wildman–Crippen MR) is 97.6 cm³/mol. The number of carbonyl (C=O) groups is 2. The first-order chi connectivity index (χ1) is 12.0. The lowest BCUT2D eigenvalue weighted by Gasteiger charge is -2.11. The minimum atomic E-state index is -0.439. The molecule has 0 fully saturated rings. The number of ether oxygens (including phenoxy) is 2. The summed E-state index contributed by atoms with van der Waals surface area (Å²) < 4.78 is 11.6. The molecule has 0 unspecified atom stereocenters. The van der Waals surface area contributed by atoms with Crippen LogP contribution in [-0.2, 0) is 11.2 Å². The largest absolute Gasteiger partial charge is 0.493 e. The molecule has 7 heteroatoms. The standard InChI is InChI=1S/C18H19BrN2O4/c1-3-25-15-9-6-13(11-16(15)24-2)18(23)21-20-17(22)10-12-4-7-14(19)8-5-12/h4-9,11H,3,10H2,1-2H3,(H,20,22)(H,21,23). The molecular weight excluding hydrogens is 388 g/mol. The molecule has 0 aliphatic carbocycles. The molecule has 0 aromatic heterocycles. The van der Waals surface area contributed by atoms with Crippen LogP contribution in [0.5, 0.6) is 11.5 Å². The van der Waals surface area contributed by atoms with Gasteiger partial charge in [0, 0.05) is 10.0 Å². The Balaban J connectivity index is 1.93. The van der Waals surface area contributed by atoms with E-state index in [4.69, 9.17) is 9.47 Å². The van der Waals surface area contributed by atoms with Gasteiger partial charge in [0.1, 0.15) is 0 Å². The Labute approximate surface area is 154 Å². The van der Waals surface area contributed by atoms with Crippen molar-refractivity contribution in [3.8, 4) is 11.5 Å². The van der Waals surface area contributed by atoms with Crippen molar-refractivity contribution in [2.45, 2.75) is 13.3 Å². The number of hydrazine groups is 1. The van der Waals surface area contributed by atoms with Crippen LogP contribution in [0.15, 0.2) is 46.9 Å². The van der Waals surface area contributed by atoms with Gasteiger partial charge in [0.25, 0.3) is 5.91 Å². The van der Waals surface area contributed by atoms with Crippen LogP contribution in [0.25, 0.3) is 0 Å². The van der Waals surface area contributed by atoms with Crippen molar-refractivity contribution in [3.63, 3.8) is 0 Å². The lowest BCUT2D eigenvalue weighted by molar-refractivity contribution is -0.121. The first kappa shape index (κ1) is 18.8. The van der Waals surface area contributed by atoms with E-state index in [1.807, 2.05) is 31.2 Å². The third-order valence-electron chi connectivity index (χ3n) is 3.32. The van der Waals surface area contributed by atoms with Gasteiger partial charge >= 0.3 is 0 Å². The zero-order valence-electron chi connectivity index (χ0n) is 14.0. The summed E-state index contributed by atoms with van der Waals surface area (Å²) in [6.07, 6.45) is 0.167. The number of benzene rings is 2. The Morgan fingerprint density at radius 1 is 1.04 bits per heavy atom. The normalized spacial score (nSPS) is 10.0. The maximum Gasteiger partial charge on any atom is 0.269 e. The molecule has 2 amide bonds. The molecule has 0 aliphatic rings. The van der Waals surface area contributed by atoms with E-state index in [2.05, 4.69) is 26.8 Å². The summed E-state index contributed by atoms with van der Waals surface area (Å²) >= 11 is 3.34. The van der Waals surface area contributed by atoms with E-state index in [9.17, 15) is 9.59 Å². The summed E-state index contributed by atoms with van der Waals surface area (Å²) in [6.45, 7) is 2.36. The van der Waals surface area contributed by atoms with Crippen LogP contribution < -0.4 is 20.3 Å². The second-order valence-corrected chi connectivity index (χ2v) is 6.02. The van der Waals surface area contributed by atoms with E-state index in [1.54, 1.807) is 18.2 Å². The van der Waals surface area contributed by atoms with E-state index in [0.717, 1.165) is 10.0 Å². The summed E-state index contributed by atoms with van der Waals surface area (Å²) in [7, 11) is 1.50. The Morgan fingerprint density at radius 2 is 1.76 bits per heavy atom. The zero-order valence-corrected chi connectivity index (χ0v) is 15.6. The Kier molecular flexibility index (Phi) is 6.82. The topological polar surface area (TPSA) is 76.7 Å². The van der Waals surface area contributed by atoms with Crippen LogP contribution in [0.1, 0.15) is 22.8 Å². The molecule has 6 nitrogen and oxygen atoms in total. The van der Waals surface area contributed by atoms with Crippen molar-refractivity contribution in [1.82, 2.24) is 10.9 Å². The van der Waals surface area contributed by atoms with Gasteiger partial charge in [-0.25, -0.2) is 0 Å². The first-order valence-electron chi connectivity index (χ1n) is 7.68. The average molecular weight is 407 g/mol. The molecule has 2 rings (SSSR count). The SMILES string of the molecule is CCOc1ccc(C(=O)NNC(=O)Cc2ccc(Br)cc2)cc1OC. The van der Waals surface area contributed by atoms with Gasteiger partial charge in [-0.3, -0.25) is 20.4 Å². The maximum absolute atomic E-state index is 12.2. The minimum absolute atomic E-state index is 0.167. The molecule has 132 valence electrons. The average Bonchev–Trinajstić information content (AvgIpc) is 2.62. The number of carbonyl (C=O) groups excluding carboxylic acids is 2. The van der Waals surface area contributed by atoms with Gasteiger partial charge in [-0.1, -0.05) is 28.1 Å². The smallest absolute Gasteiger partial charge is 0.269 e. The number of hydrogen-bond donors (Lipinski definition) is 2. The predicted octanol–water partition coefficient (Wildman–Crippen LogP) is 2.86. The highest BCUT2D eigenvalue weighted by Crippen LogP contribution is 2.27. The molecule has 0 spiro atoms. The van der Waals surface area contributed by atoms with Gasteiger partial charge < -0.3 is 9.47 Å². The van der Waals surface area contributed by atoms with Crippen LogP contribution in [-0.4, -0.2) is 25.5 Å². The first-order valence-corrected chi connectivity index (χ1v) is 8.47. The molecule has 0 aliphatic heterocycles. The van der Waals surface area contributed by atoms with Gasteiger partial charge in [-0.2, -0.15) is 0 Å². The number of halogens is 1. The van der Waals surface area contributed by atoms with Gasteiger partial charge in [-0.15, -0.1) is 0 Å². The second kappa shape index (κ2) is 9.08. The molecule has 0 saturated carbocycles. The van der Waals surface area contributed by atoms with Crippen LogP contribution in [0, 0.1) is 0 Å². The molecule has 2 N–H and O–H groups in total. The highest BCUT2D eigenvalue weighted by molar-refractivity contribution is 9.10.